The highest BCUT2D eigenvalue weighted by atomic mass is 35.5. The summed E-state index contributed by atoms with van der Waals surface area (Å²) in [5.74, 6) is 0.330. The standard InChI is InChI=1S/C12H8ClN5S/c13-9-5-10(14)18-12(17-9)19-11-6-15-7-3-1-2-4-8(7)16-11/h1-6H,(H2,14,17,18). The second kappa shape index (κ2) is 4.99. The molecule has 0 amide bonds. The highest BCUT2D eigenvalue weighted by molar-refractivity contribution is 7.99. The first-order valence-corrected chi connectivity index (χ1v) is 6.60. The monoisotopic (exact) mass is 289 g/mol. The van der Waals surface area contributed by atoms with Gasteiger partial charge in [0.05, 0.1) is 17.2 Å². The molecule has 3 rings (SSSR count). The SMILES string of the molecule is Nc1cc(Cl)nc(Sc2cnc3ccccc3n2)n1. The first-order valence-electron chi connectivity index (χ1n) is 5.40. The van der Waals surface area contributed by atoms with Crippen LogP contribution in [-0.2, 0) is 0 Å². The van der Waals surface area contributed by atoms with Crippen LogP contribution in [-0.4, -0.2) is 19.9 Å². The van der Waals surface area contributed by atoms with Crippen molar-refractivity contribution in [3.8, 4) is 0 Å². The average Bonchev–Trinajstić information content (AvgIpc) is 2.37. The summed E-state index contributed by atoms with van der Waals surface area (Å²) in [6.07, 6.45) is 1.67. The summed E-state index contributed by atoms with van der Waals surface area (Å²) in [5, 5.41) is 1.46. The second-order valence-electron chi connectivity index (χ2n) is 3.70. The summed E-state index contributed by atoms with van der Waals surface area (Å²) in [6, 6.07) is 9.14. The van der Waals surface area contributed by atoms with E-state index >= 15 is 0 Å². The lowest BCUT2D eigenvalue weighted by molar-refractivity contribution is 0.968. The normalized spacial score (nSPS) is 10.8. The molecule has 0 atom stereocenters. The zero-order valence-electron chi connectivity index (χ0n) is 9.62. The van der Waals surface area contributed by atoms with Crippen molar-refractivity contribution in [3.63, 3.8) is 0 Å². The Morgan fingerprint density at radius 3 is 2.63 bits per heavy atom. The van der Waals surface area contributed by atoms with Crippen molar-refractivity contribution in [2.75, 3.05) is 5.73 Å². The zero-order valence-corrected chi connectivity index (χ0v) is 11.2. The summed E-state index contributed by atoms with van der Waals surface area (Å²) >= 11 is 7.10. The first-order chi connectivity index (χ1) is 9.20. The molecule has 0 unspecified atom stereocenters. The number of para-hydroxylation sites is 2. The summed E-state index contributed by atoms with van der Waals surface area (Å²) in [4.78, 5) is 17.0. The molecule has 0 spiro atoms. The highest BCUT2D eigenvalue weighted by Crippen LogP contribution is 2.25. The van der Waals surface area contributed by atoms with Gasteiger partial charge in [-0.25, -0.2) is 15.0 Å². The fourth-order valence-corrected chi connectivity index (χ4v) is 2.52. The number of rotatable bonds is 2. The molecule has 2 N–H and O–H groups in total. The van der Waals surface area contributed by atoms with Crippen LogP contribution in [0.25, 0.3) is 11.0 Å². The minimum Gasteiger partial charge on any atom is -0.384 e. The number of hydrogen-bond donors (Lipinski definition) is 1. The van der Waals surface area contributed by atoms with Gasteiger partial charge in [-0.05, 0) is 23.9 Å². The van der Waals surface area contributed by atoms with Crippen LogP contribution in [0.2, 0.25) is 5.15 Å². The van der Waals surface area contributed by atoms with E-state index in [1.54, 1.807) is 6.20 Å². The Hall–Kier alpha value is -1.92. The molecule has 94 valence electrons. The Morgan fingerprint density at radius 2 is 1.84 bits per heavy atom. The van der Waals surface area contributed by atoms with Gasteiger partial charge in [0.1, 0.15) is 16.0 Å². The average molecular weight is 290 g/mol. The lowest BCUT2D eigenvalue weighted by Gasteiger charge is -2.02. The molecule has 2 heterocycles. The Kier molecular flexibility index (Phi) is 3.18. The van der Waals surface area contributed by atoms with Crippen molar-refractivity contribution in [3.05, 3.63) is 41.7 Å². The van der Waals surface area contributed by atoms with E-state index < -0.39 is 0 Å². The van der Waals surface area contributed by atoms with E-state index in [0.29, 0.717) is 21.2 Å². The van der Waals surface area contributed by atoms with Gasteiger partial charge in [-0.3, -0.25) is 4.98 Å². The molecule has 19 heavy (non-hydrogen) atoms. The van der Waals surface area contributed by atoms with Gasteiger partial charge in [0.2, 0.25) is 0 Å². The van der Waals surface area contributed by atoms with E-state index in [1.807, 2.05) is 24.3 Å². The molecular weight excluding hydrogens is 282 g/mol. The number of hydrogen-bond acceptors (Lipinski definition) is 6. The molecule has 0 fully saturated rings. The number of anilines is 1. The van der Waals surface area contributed by atoms with Gasteiger partial charge in [-0.1, -0.05) is 23.7 Å². The molecule has 1 aromatic carbocycles. The maximum absolute atomic E-state index is 5.83. The van der Waals surface area contributed by atoms with Crippen molar-refractivity contribution in [2.45, 2.75) is 10.2 Å². The van der Waals surface area contributed by atoms with Crippen LogP contribution in [0.3, 0.4) is 0 Å². The van der Waals surface area contributed by atoms with Gasteiger partial charge >= 0.3 is 0 Å². The van der Waals surface area contributed by atoms with Gasteiger partial charge in [-0.2, -0.15) is 0 Å². The molecule has 7 heteroatoms. The van der Waals surface area contributed by atoms with E-state index in [1.165, 1.54) is 17.8 Å². The minimum absolute atomic E-state index is 0.309. The van der Waals surface area contributed by atoms with Crippen LogP contribution < -0.4 is 5.73 Å². The van der Waals surface area contributed by atoms with E-state index in [0.717, 1.165) is 11.0 Å². The van der Waals surface area contributed by atoms with Crippen LogP contribution in [0.1, 0.15) is 0 Å². The number of nitrogen functional groups attached to an aromatic ring is 1. The number of fused-ring (bicyclic) bond motifs is 1. The fraction of sp³-hybridized carbons (Fsp3) is 0. The van der Waals surface area contributed by atoms with E-state index in [2.05, 4.69) is 19.9 Å². The molecule has 0 bridgehead atoms. The summed E-state index contributed by atoms with van der Waals surface area (Å²) in [6.45, 7) is 0. The topological polar surface area (TPSA) is 77.6 Å². The number of nitrogens with two attached hydrogens (primary N) is 1. The first kappa shape index (κ1) is 12.1. The number of halogens is 1. The molecular formula is C12H8ClN5S. The zero-order chi connectivity index (χ0) is 13.2. The van der Waals surface area contributed by atoms with Gasteiger partial charge in [-0.15, -0.1) is 0 Å². The van der Waals surface area contributed by atoms with E-state index in [-0.39, 0.29) is 0 Å². The van der Waals surface area contributed by atoms with E-state index in [9.17, 15) is 0 Å². The van der Waals surface area contributed by atoms with Crippen molar-refractivity contribution in [1.29, 1.82) is 0 Å². The predicted octanol–water partition coefficient (Wildman–Crippen LogP) is 2.81. The lowest BCUT2D eigenvalue weighted by Crippen LogP contribution is -1.95. The molecule has 0 saturated carbocycles. The Bertz CT molecular complexity index is 729. The Morgan fingerprint density at radius 1 is 1.05 bits per heavy atom. The van der Waals surface area contributed by atoms with Crippen molar-refractivity contribution < 1.29 is 0 Å². The third kappa shape index (κ3) is 2.74. The largest absolute Gasteiger partial charge is 0.384 e. The maximum atomic E-state index is 5.83. The van der Waals surface area contributed by atoms with Crippen molar-refractivity contribution >= 4 is 40.2 Å². The van der Waals surface area contributed by atoms with Crippen LogP contribution in [0, 0.1) is 0 Å². The van der Waals surface area contributed by atoms with E-state index in [4.69, 9.17) is 17.3 Å². The molecule has 5 nitrogen and oxygen atoms in total. The molecule has 0 aliphatic carbocycles. The third-order valence-corrected chi connectivity index (χ3v) is 3.28. The minimum atomic E-state index is 0.309. The Balaban J connectivity index is 1.96. The number of benzene rings is 1. The summed E-state index contributed by atoms with van der Waals surface area (Å²) in [5.41, 5.74) is 7.29. The van der Waals surface area contributed by atoms with Crippen LogP contribution in [0.15, 0.2) is 46.7 Å². The summed E-state index contributed by atoms with van der Waals surface area (Å²) < 4.78 is 0. The van der Waals surface area contributed by atoms with Crippen LogP contribution in [0.4, 0.5) is 5.82 Å². The molecule has 2 aromatic heterocycles. The quantitative estimate of drug-likeness (QED) is 0.577. The van der Waals surface area contributed by atoms with Crippen molar-refractivity contribution in [2.24, 2.45) is 0 Å². The maximum Gasteiger partial charge on any atom is 0.197 e. The second-order valence-corrected chi connectivity index (χ2v) is 5.07. The predicted molar refractivity (Wildman–Crippen MR) is 75.1 cm³/mol. The molecule has 0 aliphatic heterocycles. The van der Waals surface area contributed by atoms with Crippen molar-refractivity contribution in [1.82, 2.24) is 19.9 Å². The van der Waals surface area contributed by atoms with Crippen LogP contribution >= 0.6 is 23.4 Å². The van der Waals surface area contributed by atoms with Gasteiger partial charge in [0.25, 0.3) is 0 Å². The third-order valence-electron chi connectivity index (χ3n) is 2.32. The van der Waals surface area contributed by atoms with Gasteiger partial charge in [0, 0.05) is 6.07 Å². The van der Waals surface area contributed by atoms with Gasteiger partial charge < -0.3 is 5.73 Å². The molecule has 3 aromatic rings. The summed E-state index contributed by atoms with van der Waals surface area (Å²) in [7, 11) is 0. The smallest absolute Gasteiger partial charge is 0.197 e. The fourth-order valence-electron chi connectivity index (χ4n) is 1.54. The Labute approximate surface area is 118 Å². The number of aromatic nitrogens is 4. The number of nitrogens with zero attached hydrogens (tertiary/aromatic N) is 4. The van der Waals surface area contributed by atoms with Crippen LogP contribution in [0.5, 0.6) is 0 Å². The molecule has 0 radical (unpaired) electrons. The highest BCUT2D eigenvalue weighted by Gasteiger charge is 2.06. The lowest BCUT2D eigenvalue weighted by atomic mass is 10.3. The van der Waals surface area contributed by atoms with Gasteiger partial charge in [0.15, 0.2) is 5.16 Å². The molecule has 0 saturated heterocycles. The molecule has 0 aliphatic rings.